The largest absolute Gasteiger partial charge is 0.456 e. The molecule has 0 bridgehead atoms. The second kappa shape index (κ2) is 19.3. The second-order valence-electron chi connectivity index (χ2n) is 21.5. The zero-order chi connectivity index (χ0) is 54.1. The summed E-state index contributed by atoms with van der Waals surface area (Å²) in [7, 11) is 0. The van der Waals surface area contributed by atoms with Crippen molar-refractivity contribution in [3.63, 3.8) is 0 Å². The summed E-state index contributed by atoms with van der Waals surface area (Å²) < 4.78 is 9.27. The smallest absolute Gasteiger partial charge is 0.137 e. The van der Waals surface area contributed by atoms with Crippen LogP contribution in [0, 0.1) is 0 Å². The third-order valence-corrected chi connectivity index (χ3v) is 17.1. The van der Waals surface area contributed by atoms with Gasteiger partial charge in [0.1, 0.15) is 11.2 Å². The van der Waals surface area contributed by atoms with Gasteiger partial charge in [0.2, 0.25) is 0 Å². The van der Waals surface area contributed by atoms with Gasteiger partial charge in [0.15, 0.2) is 0 Å². The number of fused-ring (bicyclic) bond motifs is 9. The summed E-state index contributed by atoms with van der Waals surface area (Å²) in [6.07, 6.45) is 0. The molecule has 384 valence electrons. The molecule has 0 saturated carbocycles. The Morgan fingerprint density at radius 1 is 0.305 bits per heavy atom. The van der Waals surface area contributed by atoms with E-state index < -0.39 is 5.41 Å². The number of aromatic nitrogens is 1. The van der Waals surface area contributed by atoms with Crippen LogP contribution in [-0.2, 0) is 5.41 Å². The van der Waals surface area contributed by atoms with Crippen LogP contribution in [0.1, 0.15) is 22.3 Å². The van der Waals surface area contributed by atoms with Gasteiger partial charge in [0, 0.05) is 33.1 Å². The van der Waals surface area contributed by atoms with E-state index in [1.807, 2.05) is 0 Å². The SMILES string of the molecule is c1ccc(-c2ccc(N(c3ccccc3-c3cccc4c3-c3ccccc3C4(c3ccccc3)c3cccc(-c4ccccc4)c3)c3cccc4oc5ccc(-c6ccc7c(c6)c6ccccc6n7-c6ccccc6)cc5c34)cc2)cc1. The molecule has 0 radical (unpaired) electrons. The summed E-state index contributed by atoms with van der Waals surface area (Å²) in [4.78, 5) is 2.46. The highest BCUT2D eigenvalue weighted by molar-refractivity contribution is 6.16. The van der Waals surface area contributed by atoms with Crippen LogP contribution in [0.4, 0.5) is 17.1 Å². The summed E-state index contributed by atoms with van der Waals surface area (Å²) >= 11 is 0. The molecule has 1 aliphatic rings. The minimum absolute atomic E-state index is 0.613. The Bertz CT molecular complexity index is 4900. The van der Waals surface area contributed by atoms with Crippen LogP contribution < -0.4 is 4.90 Å². The maximum absolute atomic E-state index is 6.89. The third kappa shape index (κ3) is 7.44. The lowest BCUT2D eigenvalue weighted by molar-refractivity contribution is 0.669. The van der Waals surface area contributed by atoms with Crippen molar-refractivity contribution in [2.24, 2.45) is 0 Å². The topological polar surface area (TPSA) is 21.3 Å². The highest BCUT2D eigenvalue weighted by atomic mass is 16.3. The monoisotopic (exact) mass is 1040 g/mol. The zero-order valence-electron chi connectivity index (χ0n) is 44.8. The molecule has 2 aromatic heterocycles. The van der Waals surface area contributed by atoms with E-state index in [9.17, 15) is 0 Å². The van der Waals surface area contributed by atoms with Crippen molar-refractivity contribution in [1.82, 2.24) is 4.57 Å². The van der Waals surface area contributed by atoms with Gasteiger partial charge in [0.05, 0.1) is 33.2 Å². The maximum Gasteiger partial charge on any atom is 0.137 e. The quantitative estimate of drug-likeness (QED) is 0.136. The zero-order valence-corrected chi connectivity index (χ0v) is 44.8. The molecule has 1 aliphatic carbocycles. The minimum Gasteiger partial charge on any atom is -0.456 e. The van der Waals surface area contributed by atoms with Crippen molar-refractivity contribution in [1.29, 1.82) is 0 Å². The van der Waals surface area contributed by atoms with Crippen LogP contribution in [0.25, 0.3) is 105 Å². The van der Waals surface area contributed by atoms with Gasteiger partial charge in [-0.15, -0.1) is 0 Å². The summed E-state index contributed by atoms with van der Waals surface area (Å²) in [5.74, 6) is 0. The lowest BCUT2D eigenvalue weighted by Crippen LogP contribution is -2.28. The number of para-hydroxylation sites is 3. The van der Waals surface area contributed by atoms with Gasteiger partial charge in [-0.3, -0.25) is 0 Å². The Morgan fingerprint density at radius 3 is 1.62 bits per heavy atom. The van der Waals surface area contributed by atoms with Gasteiger partial charge in [-0.2, -0.15) is 0 Å². The molecule has 15 aromatic rings. The van der Waals surface area contributed by atoms with E-state index in [1.54, 1.807) is 0 Å². The molecule has 1 atom stereocenters. The molecular weight excluding hydrogens is 993 g/mol. The standard InChI is InChI=1S/C79H52N2O/c1-5-22-53(23-6-1)55-42-46-62(47-43-55)81(74-40-21-41-76-78(74)68-52-58(45-49-75(68)82-76)57-44-48-73-67(51-57)64-33-15-18-39-72(64)80(73)61-30-11-4-12-31-61)71-38-17-14-32-63(71)65-35-20-37-70-77(65)66-34-13-16-36-69(66)79(70,59-27-9-3-10-28-59)60-29-19-26-56(50-60)54-24-7-2-8-25-54/h1-52H. The van der Waals surface area contributed by atoms with Crippen LogP contribution >= 0.6 is 0 Å². The average Bonchev–Trinajstić information content (AvgIpc) is 2.89. The van der Waals surface area contributed by atoms with Crippen molar-refractivity contribution in [3.05, 3.63) is 338 Å². The molecule has 0 saturated heterocycles. The van der Waals surface area contributed by atoms with E-state index in [1.165, 1.54) is 77.4 Å². The van der Waals surface area contributed by atoms with Crippen molar-refractivity contribution < 1.29 is 4.42 Å². The number of hydrogen-bond acceptors (Lipinski definition) is 2. The van der Waals surface area contributed by atoms with E-state index in [-0.39, 0.29) is 0 Å². The van der Waals surface area contributed by atoms with Gasteiger partial charge in [-0.05, 0) is 151 Å². The van der Waals surface area contributed by atoms with Gasteiger partial charge in [0.25, 0.3) is 0 Å². The molecule has 3 heteroatoms. The van der Waals surface area contributed by atoms with Crippen LogP contribution in [0.5, 0.6) is 0 Å². The van der Waals surface area contributed by atoms with Gasteiger partial charge >= 0.3 is 0 Å². The molecule has 2 heterocycles. The second-order valence-corrected chi connectivity index (χ2v) is 21.5. The van der Waals surface area contributed by atoms with E-state index in [0.717, 1.165) is 66.9 Å². The number of rotatable bonds is 10. The van der Waals surface area contributed by atoms with Crippen molar-refractivity contribution in [2.45, 2.75) is 5.41 Å². The Kier molecular flexibility index (Phi) is 11.1. The first kappa shape index (κ1) is 47.3. The van der Waals surface area contributed by atoms with E-state index in [2.05, 4.69) is 325 Å². The van der Waals surface area contributed by atoms with Gasteiger partial charge < -0.3 is 13.9 Å². The summed E-state index contributed by atoms with van der Waals surface area (Å²) in [6.45, 7) is 0. The highest BCUT2D eigenvalue weighted by Crippen LogP contribution is 2.60. The minimum atomic E-state index is -0.613. The first-order valence-electron chi connectivity index (χ1n) is 28.2. The average molecular weight is 1050 g/mol. The number of anilines is 3. The normalized spacial score (nSPS) is 13.7. The highest BCUT2D eigenvalue weighted by Gasteiger charge is 2.47. The van der Waals surface area contributed by atoms with Crippen molar-refractivity contribution in [3.8, 4) is 61.3 Å². The Hall–Kier alpha value is -10.7. The third-order valence-electron chi connectivity index (χ3n) is 17.1. The Morgan fingerprint density at radius 2 is 0.829 bits per heavy atom. The van der Waals surface area contributed by atoms with E-state index in [0.29, 0.717) is 0 Å². The Labute approximate surface area is 476 Å². The molecule has 13 aromatic carbocycles. The summed E-state index contributed by atoms with van der Waals surface area (Å²) in [5, 5.41) is 4.54. The first-order chi connectivity index (χ1) is 40.7. The Balaban J connectivity index is 0.909. The number of benzene rings is 13. The molecule has 1 unspecified atom stereocenters. The van der Waals surface area contributed by atoms with Gasteiger partial charge in [-0.1, -0.05) is 237 Å². The summed E-state index contributed by atoms with van der Waals surface area (Å²) in [6, 6.07) is 115. The molecule has 0 N–H and O–H groups in total. The van der Waals surface area contributed by atoms with Crippen molar-refractivity contribution >= 4 is 60.8 Å². The molecule has 3 nitrogen and oxygen atoms in total. The van der Waals surface area contributed by atoms with Gasteiger partial charge in [-0.25, -0.2) is 0 Å². The fourth-order valence-corrected chi connectivity index (χ4v) is 13.5. The predicted octanol–water partition coefficient (Wildman–Crippen LogP) is 21.2. The predicted molar refractivity (Wildman–Crippen MR) is 342 cm³/mol. The number of nitrogens with zero attached hydrogens (tertiary/aromatic N) is 2. The van der Waals surface area contributed by atoms with Crippen LogP contribution in [0.15, 0.2) is 320 Å². The van der Waals surface area contributed by atoms with E-state index in [4.69, 9.17) is 4.42 Å². The lowest BCUT2D eigenvalue weighted by Gasteiger charge is -2.34. The molecule has 0 spiro atoms. The molecule has 16 rings (SSSR count). The molecule has 82 heavy (non-hydrogen) atoms. The fraction of sp³-hybridized carbons (Fsp3) is 0.0127. The lowest BCUT2D eigenvalue weighted by atomic mass is 9.67. The fourth-order valence-electron chi connectivity index (χ4n) is 13.5. The maximum atomic E-state index is 6.89. The number of furan rings is 1. The van der Waals surface area contributed by atoms with Crippen LogP contribution in [0.2, 0.25) is 0 Å². The van der Waals surface area contributed by atoms with Crippen molar-refractivity contribution in [2.75, 3.05) is 4.90 Å². The van der Waals surface area contributed by atoms with Crippen LogP contribution in [0.3, 0.4) is 0 Å². The first-order valence-corrected chi connectivity index (χ1v) is 28.2. The molecule has 0 aliphatic heterocycles. The van der Waals surface area contributed by atoms with E-state index >= 15 is 0 Å². The molecular formula is C79H52N2O. The van der Waals surface area contributed by atoms with Crippen LogP contribution in [-0.4, -0.2) is 4.57 Å². The number of hydrogen-bond donors (Lipinski definition) is 0. The summed E-state index contributed by atoms with van der Waals surface area (Å²) in [5.41, 5.74) is 24.4. The molecule has 0 fully saturated rings. The molecule has 0 amide bonds.